The van der Waals surface area contributed by atoms with E-state index in [1.165, 1.54) is 22.3 Å². The monoisotopic (exact) mass is 355 g/mol. The second kappa shape index (κ2) is 6.92. The van der Waals surface area contributed by atoms with Crippen LogP contribution in [0.2, 0.25) is 0 Å². The van der Waals surface area contributed by atoms with Gasteiger partial charge in [0.2, 0.25) is 0 Å². The Bertz CT molecular complexity index is 1070. The molecule has 4 aromatic rings. The Balaban J connectivity index is 1.89. The minimum Gasteiger partial charge on any atom is -0.339 e. The summed E-state index contributed by atoms with van der Waals surface area (Å²) >= 11 is 0. The number of hydrogen-bond donors (Lipinski definition) is 1. The fraction of sp³-hybridized carbons (Fsp3) is 0.208. The summed E-state index contributed by atoms with van der Waals surface area (Å²) < 4.78 is 2.16. The van der Waals surface area contributed by atoms with Crippen LogP contribution in [0.3, 0.4) is 0 Å². The number of nitrogens with zero attached hydrogens (tertiary/aromatic N) is 2. The molecule has 0 saturated carbocycles. The van der Waals surface area contributed by atoms with Crippen molar-refractivity contribution in [2.24, 2.45) is 0 Å². The van der Waals surface area contributed by atoms with Crippen molar-refractivity contribution >= 4 is 17.2 Å². The van der Waals surface area contributed by atoms with Crippen LogP contribution in [0.4, 0.5) is 11.5 Å². The van der Waals surface area contributed by atoms with Gasteiger partial charge in [0.15, 0.2) is 0 Å². The van der Waals surface area contributed by atoms with Gasteiger partial charge in [-0.05, 0) is 55.2 Å². The van der Waals surface area contributed by atoms with Gasteiger partial charge in [-0.2, -0.15) is 0 Å². The highest BCUT2D eigenvalue weighted by Crippen LogP contribution is 2.34. The number of hydrogen-bond acceptors (Lipinski definition) is 2. The van der Waals surface area contributed by atoms with E-state index in [9.17, 15) is 0 Å². The number of nitrogens with one attached hydrogen (secondary N) is 1. The molecule has 3 nitrogen and oxygen atoms in total. The van der Waals surface area contributed by atoms with Gasteiger partial charge in [0, 0.05) is 17.8 Å². The molecule has 0 spiro atoms. The molecule has 4 rings (SSSR count). The Morgan fingerprint density at radius 3 is 2.30 bits per heavy atom. The summed E-state index contributed by atoms with van der Waals surface area (Å²) in [6, 6.07) is 21.2. The maximum atomic E-state index is 5.01. The first kappa shape index (κ1) is 17.3. The van der Waals surface area contributed by atoms with Gasteiger partial charge in [0.1, 0.15) is 11.5 Å². The molecule has 2 aromatic heterocycles. The predicted octanol–water partition coefficient (Wildman–Crippen LogP) is 6.15. The molecule has 27 heavy (non-hydrogen) atoms. The van der Waals surface area contributed by atoms with Gasteiger partial charge in [-0.3, -0.25) is 4.40 Å². The fourth-order valence-corrected chi connectivity index (χ4v) is 3.62. The third kappa shape index (κ3) is 3.21. The highest BCUT2D eigenvalue weighted by atomic mass is 15.1. The minimum absolute atomic E-state index is 0.193. The van der Waals surface area contributed by atoms with Crippen molar-refractivity contribution in [1.29, 1.82) is 0 Å². The van der Waals surface area contributed by atoms with Crippen molar-refractivity contribution < 1.29 is 0 Å². The zero-order valence-electron chi connectivity index (χ0n) is 16.3. The fourth-order valence-electron chi connectivity index (χ4n) is 3.62. The Morgan fingerprint density at radius 2 is 1.59 bits per heavy atom. The lowest BCUT2D eigenvalue weighted by atomic mass is 9.97. The first-order chi connectivity index (χ1) is 13.0. The Labute approximate surface area is 160 Å². The van der Waals surface area contributed by atoms with Gasteiger partial charge in [-0.25, -0.2) is 4.98 Å². The second-order valence-electron chi connectivity index (χ2n) is 7.30. The average molecular weight is 355 g/mol. The molecule has 0 aliphatic rings. The summed E-state index contributed by atoms with van der Waals surface area (Å²) in [5, 5.41) is 3.70. The number of benzene rings is 2. The lowest BCUT2D eigenvalue weighted by Crippen LogP contribution is -2.05. The van der Waals surface area contributed by atoms with Crippen LogP contribution < -0.4 is 5.32 Å². The van der Waals surface area contributed by atoms with Gasteiger partial charge >= 0.3 is 0 Å². The number of anilines is 2. The molecule has 0 amide bonds. The number of fused-ring (bicyclic) bond motifs is 1. The molecular formula is C24H25N3. The molecule has 2 aromatic carbocycles. The number of aromatic nitrogens is 2. The standard InChI is InChI=1S/C24H25N3/c1-16-13-14-27-21(15-16)25-23(19(4)20-11-6-5-7-12-20)24(27)26-22-17(2)9-8-10-18(22)3/h5-15,19,26H,1-4H3/t19-/m1/s1. The molecule has 0 aliphatic heterocycles. The van der Waals surface area contributed by atoms with E-state index in [0.717, 1.165) is 22.8 Å². The highest BCUT2D eigenvalue weighted by Gasteiger charge is 2.20. The maximum absolute atomic E-state index is 5.01. The zero-order valence-corrected chi connectivity index (χ0v) is 16.3. The van der Waals surface area contributed by atoms with E-state index in [1.54, 1.807) is 0 Å². The van der Waals surface area contributed by atoms with Crippen LogP contribution in [0, 0.1) is 20.8 Å². The Hall–Kier alpha value is -3.07. The molecule has 0 saturated heterocycles. The summed E-state index contributed by atoms with van der Waals surface area (Å²) in [7, 11) is 0. The van der Waals surface area contributed by atoms with Crippen molar-refractivity contribution in [3.05, 3.63) is 94.8 Å². The molecule has 3 heteroatoms. The lowest BCUT2D eigenvalue weighted by Gasteiger charge is -2.16. The smallest absolute Gasteiger partial charge is 0.139 e. The molecule has 0 unspecified atom stereocenters. The predicted molar refractivity (Wildman–Crippen MR) is 113 cm³/mol. The number of imidazole rings is 1. The normalized spacial score (nSPS) is 12.3. The third-order valence-corrected chi connectivity index (χ3v) is 5.24. The first-order valence-electron chi connectivity index (χ1n) is 9.41. The summed E-state index contributed by atoms with van der Waals surface area (Å²) in [6.45, 7) is 8.61. The number of aryl methyl sites for hydroxylation is 3. The summed E-state index contributed by atoms with van der Waals surface area (Å²) in [5.74, 6) is 1.23. The maximum Gasteiger partial charge on any atom is 0.139 e. The summed E-state index contributed by atoms with van der Waals surface area (Å²) in [4.78, 5) is 5.01. The number of rotatable bonds is 4. The average Bonchev–Trinajstić information content (AvgIpc) is 3.02. The van der Waals surface area contributed by atoms with E-state index in [4.69, 9.17) is 4.98 Å². The van der Waals surface area contributed by atoms with Crippen molar-refractivity contribution in [3.63, 3.8) is 0 Å². The molecule has 1 atom stereocenters. The Kier molecular flexibility index (Phi) is 4.44. The largest absolute Gasteiger partial charge is 0.339 e. The van der Waals surface area contributed by atoms with E-state index in [2.05, 4.69) is 104 Å². The van der Waals surface area contributed by atoms with E-state index in [-0.39, 0.29) is 5.92 Å². The zero-order chi connectivity index (χ0) is 19.0. The third-order valence-electron chi connectivity index (χ3n) is 5.24. The molecule has 0 fully saturated rings. The molecule has 136 valence electrons. The molecular weight excluding hydrogens is 330 g/mol. The van der Waals surface area contributed by atoms with Crippen LogP contribution in [0.5, 0.6) is 0 Å². The summed E-state index contributed by atoms with van der Waals surface area (Å²) in [6.07, 6.45) is 2.11. The van der Waals surface area contributed by atoms with Crippen molar-refractivity contribution in [2.75, 3.05) is 5.32 Å². The number of pyridine rings is 1. The Morgan fingerprint density at radius 1 is 0.889 bits per heavy atom. The molecule has 0 aliphatic carbocycles. The first-order valence-corrected chi connectivity index (χ1v) is 9.41. The van der Waals surface area contributed by atoms with Gasteiger partial charge in [0.05, 0.1) is 5.69 Å². The van der Waals surface area contributed by atoms with E-state index in [0.29, 0.717) is 0 Å². The van der Waals surface area contributed by atoms with Crippen LogP contribution >= 0.6 is 0 Å². The van der Waals surface area contributed by atoms with Crippen LogP contribution in [0.1, 0.15) is 40.8 Å². The molecule has 0 radical (unpaired) electrons. The van der Waals surface area contributed by atoms with Gasteiger partial charge in [0.25, 0.3) is 0 Å². The number of para-hydroxylation sites is 1. The minimum atomic E-state index is 0.193. The molecule has 1 N–H and O–H groups in total. The van der Waals surface area contributed by atoms with Gasteiger partial charge in [-0.1, -0.05) is 55.5 Å². The van der Waals surface area contributed by atoms with E-state index >= 15 is 0 Å². The SMILES string of the molecule is Cc1ccn2c(Nc3c(C)cccc3C)c([C@H](C)c3ccccc3)nc2c1. The second-order valence-corrected chi connectivity index (χ2v) is 7.30. The lowest BCUT2D eigenvalue weighted by molar-refractivity contribution is 0.888. The van der Waals surface area contributed by atoms with Crippen molar-refractivity contribution in [2.45, 2.75) is 33.6 Å². The quantitative estimate of drug-likeness (QED) is 0.475. The molecule has 2 heterocycles. The summed E-state index contributed by atoms with van der Waals surface area (Å²) in [5.41, 5.74) is 8.13. The van der Waals surface area contributed by atoms with Crippen LogP contribution in [-0.4, -0.2) is 9.38 Å². The topological polar surface area (TPSA) is 29.3 Å². The van der Waals surface area contributed by atoms with Crippen molar-refractivity contribution in [3.8, 4) is 0 Å². The van der Waals surface area contributed by atoms with Crippen LogP contribution in [-0.2, 0) is 0 Å². The highest BCUT2D eigenvalue weighted by molar-refractivity contribution is 5.70. The van der Waals surface area contributed by atoms with Crippen LogP contribution in [0.15, 0.2) is 66.9 Å². The van der Waals surface area contributed by atoms with Gasteiger partial charge in [-0.15, -0.1) is 0 Å². The van der Waals surface area contributed by atoms with Crippen molar-refractivity contribution in [1.82, 2.24) is 9.38 Å². The van der Waals surface area contributed by atoms with E-state index in [1.807, 2.05) is 0 Å². The van der Waals surface area contributed by atoms with Gasteiger partial charge < -0.3 is 5.32 Å². The van der Waals surface area contributed by atoms with Crippen LogP contribution in [0.25, 0.3) is 5.65 Å². The van der Waals surface area contributed by atoms with E-state index < -0.39 is 0 Å². The molecule has 0 bridgehead atoms.